The number of methoxy groups -OCH3 is 2. The average Bonchev–Trinajstić information content (AvgIpc) is 3.34. The van der Waals surface area contributed by atoms with Crippen molar-refractivity contribution in [3.05, 3.63) is 101 Å². The topological polar surface area (TPSA) is 167 Å². The Morgan fingerprint density at radius 3 is 1.78 bits per heavy atom. The lowest BCUT2D eigenvalue weighted by Crippen LogP contribution is -2.44. The minimum atomic E-state index is -1.60. The molecule has 0 bridgehead atoms. The van der Waals surface area contributed by atoms with Crippen LogP contribution in [0.1, 0.15) is 121 Å². The molecule has 0 N–H and O–H groups in total. The normalized spacial score (nSPS) is 14.5. The van der Waals surface area contributed by atoms with Crippen LogP contribution in [-0.2, 0) is 70.0 Å². The first-order valence-electron chi connectivity index (χ1n) is 23.8. The largest absolute Gasteiger partial charge is 0.492 e. The lowest BCUT2D eigenvalue weighted by molar-refractivity contribution is -0.165. The van der Waals surface area contributed by atoms with E-state index in [1.807, 2.05) is 43.3 Å². The Morgan fingerprint density at radius 2 is 1.20 bits per heavy atom. The summed E-state index contributed by atoms with van der Waals surface area (Å²) in [5.41, 5.74) is 4.48. The number of ether oxygens (including phenoxy) is 7. The van der Waals surface area contributed by atoms with Gasteiger partial charge < -0.3 is 33.2 Å². The number of aryl methyl sites for hydroxylation is 2. The zero-order valence-electron chi connectivity index (χ0n) is 41.2. The molecule has 0 aromatic heterocycles. The zero-order chi connectivity index (χ0) is 50.5. The highest BCUT2D eigenvalue weighted by Crippen LogP contribution is 2.40. The van der Waals surface area contributed by atoms with E-state index in [0.29, 0.717) is 42.1 Å². The smallest absolute Gasteiger partial charge is 0.333 e. The molecule has 13 nitrogen and oxygen atoms in total. The van der Waals surface area contributed by atoms with E-state index in [1.165, 1.54) is 45.4 Å². The van der Waals surface area contributed by atoms with E-state index < -0.39 is 73.9 Å². The molecule has 69 heavy (non-hydrogen) atoms. The Kier molecular flexibility index (Phi) is 22.1. The molecule has 1 fully saturated rings. The Morgan fingerprint density at radius 1 is 0.638 bits per heavy atom. The molecule has 0 saturated heterocycles. The maximum atomic E-state index is 16.0. The molecule has 0 heterocycles. The molecule has 1 aliphatic carbocycles. The molecule has 14 heteroatoms. The fraction of sp³-hybridized carbons (Fsp3) is 0.491. The first-order chi connectivity index (χ1) is 33.0. The highest BCUT2D eigenvalue weighted by molar-refractivity contribution is 5.92. The Bertz CT molecular complexity index is 2260. The average molecular weight is 957 g/mol. The van der Waals surface area contributed by atoms with Crippen LogP contribution in [0.25, 0.3) is 22.3 Å². The molecule has 0 atom stereocenters. The molecule has 4 rings (SSSR count). The summed E-state index contributed by atoms with van der Waals surface area (Å²) in [6, 6.07) is 17.1. The van der Waals surface area contributed by atoms with Crippen molar-refractivity contribution in [2.75, 3.05) is 47.3 Å². The molecular formula is C55H69FO13. The van der Waals surface area contributed by atoms with E-state index in [2.05, 4.69) is 35.6 Å². The fourth-order valence-corrected chi connectivity index (χ4v) is 8.23. The third kappa shape index (κ3) is 17.3. The van der Waals surface area contributed by atoms with E-state index >= 15 is 4.39 Å². The minimum Gasteiger partial charge on any atom is -0.492 e. The summed E-state index contributed by atoms with van der Waals surface area (Å²) >= 11 is 0. The Balaban J connectivity index is 1.67. The molecule has 1 saturated carbocycles. The number of carbonyl (C=O) groups excluding carboxylic acids is 6. The number of unbranched alkanes of at least 4 members (excludes halogenated alkanes) is 2. The lowest BCUT2D eigenvalue weighted by atomic mass is 9.77. The SMILES string of the molecule is C=C(C)C(=O)OCCCc1cc(-c2ccc(-c3ccc(C4CCC(CCCCC)CC4)cc3F)cc2CC)ccc1OCC(COC(=O)CC(=O)OC)(COC(=O)CC(=O)OC)COC(=O)C(=C)C. The summed E-state index contributed by atoms with van der Waals surface area (Å²) in [6.07, 6.45) is 9.55. The summed E-state index contributed by atoms with van der Waals surface area (Å²) in [4.78, 5) is 74.2. The van der Waals surface area contributed by atoms with Crippen molar-refractivity contribution < 1.29 is 66.3 Å². The van der Waals surface area contributed by atoms with Crippen LogP contribution in [0.5, 0.6) is 5.75 Å². The standard InChI is InChI=1S/C55H69FO13/c1-9-11-12-14-38-16-18-40(19-17-38)41-20-24-46(47(56)29-41)43-21-23-45(39(10-2)27-43)42-22-25-48(44(28-42)15-13-26-65-53(61)36(3)4)66-32-55(35-69-54(62)37(5)6,33-67-51(59)30-49(57)63-7)34-68-52(60)31-50(58)64-8/h20-25,27-29,38,40H,3,5,9-19,26,30-35H2,1-2,4,6-8H3. The highest BCUT2D eigenvalue weighted by Gasteiger charge is 2.38. The van der Waals surface area contributed by atoms with Crippen molar-refractivity contribution in [2.24, 2.45) is 11.3 Å². The molecule has 374 valence electrons. The highest BCUT2D eigenvalue weighted by atomic mass is 19.1. The number of carbonyl (C=O) groups is 6. The molecule has 0 amide bonds. The second-order valence-electron chi connectivity index (χ2n) is 18.0. The van der Waals surface area contributed by atoms with Gasteiger partial charge >= 0.3 is 35.8 Å². The van der Waals surface area contributed by atoms with E-state index in [4.69, 9.17) is 23.7 Å². The van der Waals surface area contributed by atoms with Gasteiger partial charge in [0, 0.05) is 16.7 Å². The van der Waals surface area contributed by atoms with Crippen molar-refractivity contribution in [3.8, 4) is 28.0 Å². The number of halogens is 1. The summed E-state index contributed by atoms with van der Waals surface area (Å²) < 4.78 is 53.4. The van der Waals surface area contributed by atoms with Crippen LogP contribution in [-0.4, -0.2) is 83.1 Å². The molecule has 0 unspecified atom stereocenters. The van der Waals surface area contributed by atoms with E-state index in [1.54, 1.807) is 19.1 Å². The number of esters is 6. The van der Waals surface area contributed by atoms with Crippen LogP contribution < -0.4 is 4.74 Å². The van der Waals surface area contributed by atoms with Crippen molar-refractivity contribution in [2.45, 2.75) is 117 Å². The summed E-state index contributed by atoms with van der Waals surface area (Å²) in [7, 11) is 2.22. The Labute approximate surface area is 406 Å². The Hall–Kier alpha value is -6.31. The zero-order valence-corrected chi connectivity index (χ0v) is 41.2. The van der Waals surface area contributed by atoms with Crippen molar-refractivity contribution in [1.29, 1.82) is 0 Å². The summed E-state index contributed by atoms with van der Waals surface area (Å²) in [5, 5.41) is 0. The first kappa shape index (κ1) is 55.3. The third-order valence-electron chi connectivity index (χ3n) is 12.4. The fourth-order valence-electron chi connectivity index (χ4n) is 8.23. The molecule has 3 aromatic carbocycles. The van der Waals surface area contributed by atoms with E-state index in [0.717, 1.165) is 60.8 Å². The number of rotatable bonds is 27. The van der Waals surface area contributed by atoms with Crippen LogP contribution in [0.3, 0.4) is 0 Å². The molecule has 1 aliphatic rings. The monoisotopic (exact) mass is 956 g/mol. The quantitative estimate of drug-likeness (QED) is 0.0233. The second-order valence-corrected chi connectivity index (χ2v) is 18.0. The van der Waals surface area contributed by atoms with Gasteiger partial charge in [0.15, 0.2) is 0 Å². The predicted molar refractivity (Wildman–Crippen MR) is 258 cm³/mol. The van der Waals surface area contributed by atoms with Crippen LogP contribution in [0.15, 0.2) is 78.9 Å². The molecule has 0 spiro atoms. The second kappa shape index (κ2) is 27.6. The summed E-state index contributed by atoms with van der Waals surface area (Å²) in [6.45, 7) is 12.5. The van der Waals surface area contributed by atoms with Crippen LogP contribution >= 0.6 is 0 Å². The lowest BCUT2D eigenvalue weighted by Gasteiger charge is -2.32. The van der Waals surface area contributed by atoms with Gasteiger partial charge in [-0.2, -0.15) is 0 Å². The van der Waals surface area contributed by atoms with Crippen LogP contribution in [0.4, 0.5) is 4.39 Å². The predicted octanol–water partition coefficient (Wildman–Crippen LogP) is 10.3. The third-order valence-corrected chi connectivity index (χ3v) is 12.4. The molecular weight excluding hydrogens is 888 g/mol. The van der Waals surface area contributed by atoms with Gasteiger partial charge in [-0.15, -0.1) is 0 Å². The van der Waals surface area contributed by atoms with Crippen molar-refractivity contribution in [3.63, 3.8) is 0 Å². The molecule has 0 aliphatic heterocycles. The number of hydrogen-bond acceptors (Lipinski definition) is 13. The maximum absolute atomic E-state index is 16.0. The van der Waals surface area contributed by atoms with Gasteiger partial charge in [0.1, 0.15) is 56.3 Å². The van der Waals surface area contributed by atoms with Gasteiger partial charge in [-0.1, -0.05) is 89.1 Å². The van der Waals surface area contributed by atoms with Gasteiger partial charge in [-0.25, -0.2) is 14.0 Å². The number of hydrogen-bond donors (Lipinski definition) is 0. The van der Waals surface area contributed by atoms with E-state index in [9.17, 15) is 28.8 Å². The van der Waals surface area contributed by atoms with Gasteiger partial charge in [0.05, 0.1) is 20.8 Å². The van der Waals surface area contributed by atoms with E-state index in [-0.39, 0.29) is 30.2 Å². The van der Waals surface area contributed by atoms with Gasteiger partial charge in [0.25, 0.3) is 0 Å². The van der Waals surface area contributed by atoms with Crippen molar-refractivity contribution >= 4 is 35.8 Å². The van der Waals surface area contributed by atoms with Gasteiger partial charge in [-0.05, 0) is 122 Å². The number of benzene rings is 3. The molecule has 3 aromatic rings. The maximum Gasteiger partial charge on any atom is 0.333 e. The first-order valence-corrected chi connectivity index (χ1v) is 23.8. The van der Waals surface area contributed by atoms with Gasteiger partial charge in [-0.3, -0.25) is 19.2 Å². The minimum absolute atomic E-state index is 0.0589. The molecule has 0 radical (unpaired) electrons. The van der Waals surface area contributed by atoms with Crippen LogP contribution in [0, 0.1) is 17.2 Å². The van der Waals surface area contributed by atoms with Crippen molar-refractivity contribution in [1.82, 2.24) is 0 Å². The summed E-state index contributed by atoms with van der Waals surface area (Å²) in [5.74, 6) is -3.75. The van der Waals surface area contributed by atoms with Crippen LogP contribution in [0.2, 0.25) is 0 Å². The van der Waals surface area contributed by atoms with Gasteiger partial charge in [0.2, 0.25) is 0 Å².